The molecule has 2 N–H and O–H groups in total. The number of nitrogens with one attached hydrogen (secondary N) is 2. The van der Waals surface area contributed by atoms with Gasteiger partial charge in [-0.25, -0.2) is 4.79 Å². The number of amides is 1. The van der Waals surface area contributed by atoms with Crippen molar-refractivity contribution in [2.75, 3.05) is 24.3 Å². The lowest BCUT2D eigenvalue weighted by molar-refractivity contribution is -0.145. The van der Waals surface area contributed by atoms with Crippen molar-refractivity contribution in [2.45, 2.75) is 31.8 Å². The van der Waals surface area contributed by atoms with Crippen LogP contribution in [-0.2, 0) is 27.2 Å². The van der Waals surface area contributed by atoms with Crippen LogP contribution in [0.1, 0.15) is 16.7 Å². The van der Waals surface area contributed by atoms with Crippen LogP contribution in [-0.4, -0.2) is 42.9 Å². The average Bonchev–Trinajstić information content (AvgIpc) is 2.92. The lowest BCUT2D eigenvalue weighted by atomic mass is 10.0. The van der Waals surface area contributed by atoms with Crippen molar-refractivity contribution in [3.8, 4) is 11.8 Å². The number of para-hydroxylation sites is 1. The van der Waals surface area contributed by atoms with E-state index in [0.717, 1.165) is 28.1 Å². The van der Waals surface area contributed by atoms with Crippen LogP contribution < -0.4 is 15.4 Å². The van der Waals surface area contributed by atoms with E-state index in [-0.39, 0.29) is 12.5 Å². The summed E-state index contributed by atoms with van der Waals surface area (Å²) >= 11 is 2.14. The molecule has 1 unspecified atom stereocenters. The van der Waals surface area contributed by atoms with E-state index >= 15 is 0 Å². The summed E-state index contributed by atoms with van der Waals surface area (Å²) in [5.74, 6) is 0.513. The van der Waals surface area contributed by atoms with Crippen molar-refractivity contribution >= 4 is 47.7 Å². The molecular formula is C29H30IN3O4S. The minimum atomic E-state index is -0.744. The van der Waals surface area contributed by atoms with Crippen LogP contribution in [0.25, 0.3) is 0 Å². The number of hydrogen-bond donors (Lipinski definition) is 2. The second-order valence-electron chi connectivity index (χ2n) is 8.62. The molecular weight excluding hydrogens is 613 g/mol. The predicted molar refractivity (Wildman–Crippen MR) is 159 cm³/mol. The van der Waals surface area contributed by atoms with Crippen molar-refractivity contribution < 1.29 is 19.1 Å². The van der Waals surface area contributed by atoms with Crippen LogP contribution >= 0.6 is 30.1 Å². The van der Waals surface area contributed by atoms with Crippen LogP contribution in [0.5, 0.6) is 5.75 Å². The first-order valence-corrected chi connectivity index (χ1v) is 15.7. The van der Waals surface area contributed by atoms with Crippen molar-refractivity contribution in [3.05, 3.63) is 95.6 Å². The number of rotatable bonds is 14. The van der Waals surface area contributed by atoms with Gasteiger partial charge in [-0.3, -0.25) is 4.79 Å². The van der Waals surface area contributed by atoms with Gasteiger partial charge in [0.1, 0.15) is 24.4 Å². The largest absolute Gasteiger partial charge is 0.482 e. The zero-order valence-electron chi connectivity index (χ0n) is 21.1. The fourth-order valence-electron chi connectivity index (χ4n) is 3.79. The number of anilines is 1. The van der Waals surface area contributed by atoms with Gasteiger partial charge in [0.2, 0.25) is 5.91 Å². The van der Waals surface area contributed by atoms with Gasteiger partial charge in [0, 0.05) is 24.3 Å². The molecule has 0 radical (unpaired) electrons. The average molecular weight is 644 g/mol. The number of esters is 1. The lowest BCUT2D eigenvalue weighted by Gasteiger charge is -2.22. The summed E-state index contributed by atoms with van der Waals surface area (Å²) in [6, 6.07) is 25.6. The third-order valence-corrected chi connectivity index (χ3v) is 7.19. The minimum absolute atomic E-state index is 0.195. The number of aryl methyl sites for hydroxylation is 1. The second kappa shape index (κ2) is 15.9. The Morgan fingerprint density at radius 3 is 2.45 bits per heavy atom. The van der Waals surface area contributed by atoms with E-state index in [4.69, 9.17) is 9.47 Å². The Morgan fingerprint density at radius 2 is 1.74 bits per heavy atom. The molecule has 0 aliphatic carbocycles. The van der Waals surface area contributed by atoms with E-state index in [9.17, 15) is 14.9 Å². The molecule has 38 heavy (non-hydrogen) atoms. The number of carbonyl (C=O) groups is 2. The predicted octanol–water partition coefficient (Wildman–Crippen LogP) is 5.27. The summed E-state index contributed by atoms with van der Waals surface area (Å²) in [4.78, 5) is 25.2. The van der Waals surface area contributed by atoms with Crippen molar-refractivity contribution in [2.24, 2.45) is 0 Å². The molecule has 198 valence electrons. The Labute approximate surface area is 239 Å². The monoisotopic (exact) mass is 643 g/mol. The Hall–Kier alpha value is -3.23. The number of nitrogens with zero attached hydrogens (tertiary/aromatic N) is 1. The molecule has 0 heterocycles. The molecule has 3 aromatic rings. The zero-order chi connectivity index (χ0) is 27.2. The normalized spacial score (nSPS) is 12.0. The van der Waals surface area contributed by atoms with Gasteiger partial charge in [-0.2, -0.15) is 5.26 Å². The van der Waals surface area contributed by atoms with Crippen LogP contribution in [0.15, 0.2) is 78.9 Å². The fraction of sp³-hybridized carbons (Fsp3) is 0.276. The van der Waals surface area contributed by atoms with Crippen LogP contribution in [0.2, 0.25) is 0 Å². The fourth-order valence-corrected chi connectivity index (χ4v) is 4.48. The number of hydrogen-bond acceptors (Lipinski definition) is 7. The maximum Gasteiger partial charge on any atom is 0.344 e. The topological polar surface area (TPSA) is 100 Å². The zero-order valence-corrected chi connectivity index (χ0v) is 24.0. The summed E-state index contributed by atoms with van der Waals surface area (Å²) in [7, 11) is 1.57. The molecule has 9 heteroatoms. The van der Waals surface area contributed by atoms with Crippen molar-refractivity contribution in [1.29, 1.82) is 5.26 Å². The molecule has 0 bridgehead atoms. The molecule has 0 aliphatic rings. The number of benzene rings is 3. The van der Waals surface area contributed by atoms with E-state index in [1.54, 1.807) is 27.1 Å². The second-order valence-corrected chi connectivity index (χ2v) is 11.1. The molecule has 3 rings (SSSR count). The Kier molecular flexibility index (Phi) is 12.3. The van der Waals surface area contributed by atoms with Crippen molar-refractivity contribution in [3.63, 3.8) is 0 Å². The third-order valence-electron chi connectivity index (χ3n) is 5.54. The highest BCUT2D eigenvalue weighted by Gasteiger charge is 2.22. The SMILES string of the molecule is Cc1cccc(CC(Nc2ccccc2)C(=O)N[C@H](C#N)Cc2cccc(OCC(=O)OCCSI)c2)c1. The first kappa shape index (κ1) is 29.3. The van der Waals surface area contributed by atoms with E-state index in [1.165, 1.54) is 0 Å². The van der Waals surface area contributed by atoms with Gasteiger partial charge in [-0.1, -0.05) is 69.1 Å². The first-order valence-electron chi connectivity index (χ1n) is 12.1. The highest BCUT2D eigenvalue weighted by atomic mass is 127. The van der Waals surface area contributed by atoms with E-state index < -0.39 is 18.1 Å². The minimum Gasteiger partial charge on any atom is -0.482 e. The summed E-state index contributed by atoms with van der Waals surface area (Å²) in [6.45, 7) is 2.16. The van der Waals surface area contributed by atoms with E-state index in [1.807, 2.05) is 61.5 Å². The molecule has 0 saturated heterocycles. The van der Waals surface area contributed by atoms with Gasteiger partial charge in [0.05, 0.1) is 6.07 Å². The summed E-state index contributed by atoms with van der Waals surface area (Å²) < 4.78 is 10.6. The van der Waals surface area contributed by atoms with E-state index in [0.29, 0.717) is 25.2 Å². The number of ether oxygens (including phenoxy) is 2. The number of carbonyl (C=O) groups excluding carboxylic acids is 2. The van der Waals surface area contributed by atoms with Gasteiger partial charge in [-0.05, 0) is 63.5 Å². The lowest BCUT2D eigenvalue weighted by Crippen LogP contribution is -2.46. The van der Waals surface area contributed by atoms with Gasteiger partial charge >= 0.3 is 5.97 Å². The number of nitriles is 1. The Bertz CT molecular complexity index is 1240. The van der Waals surface area contributed by atoms with Gasteiger partial charge in [0.25, 0.3) is 0 Å². The molecule has 0 fully saturated rings. The molecule has 0 spiro atoms. The standard InChI is InChI=1S/C29H30IN3O4S/c1-21-7-5-8-22(15-21)18-27(32-24-10-3-2-4-11-24)29(35)33-25(19-31)16-23-9-6-12-26(17-23)37-20-28(34)36-13-14-38-30/h2-12,15,17,25,27,32H,13-14,16,18,20H2,1H3,(H,33,35)/t25-,27?/m0/s1. The summed E-state index contributed by atoms with van der Waals surface area (Å²) in [5, 5.41) is 16.0. The van der Waals surface area contributed by atoms with Gasteiger partial charge < -0.3 is 20.1 Å². The smallest absolute Gasteiger partial charge is 0.344 e. The molecule has 0 aliphatic heterocycles. The summed E-state index contributed by atoms with van der Waals surface area (Å²) in [6.07, 6.45) is 0.760. The molecule has 0 saturated carbocycles. The first-order chi connectivity index (χ1) is 18.5. The molecule has 2 atom stereocenters. The van der Waals surface area contributed by atoms with Crippen molar-refractivity contribution in [1.82, 2.24) is 5.32 Å². The number of halogens is 1. The third kappa shape index (κ3) is 10.3. The maximum absolute atomic E-state index is 13.3. The van der Waals surface area contributed by atoms with E-state index in [2.05, 4.69) is 44.0 Å². The van der Waals surface area contributed by atoms with Crippen LogP contribution in [0.4, 0.5) is 5.69 Å². The Morgan fingerprint density at radius 1 is 1.00 bits per heavy atom. The molecule has 7 nitrogen and oxygen atoms in total. The quantitative estimate of drug-likeness (QED) is 0.140. The highest BCUT2D eigenvalue weighted by molar-refractivity contribution is 14.2. The Balaban J connectivity index is 1.63. The summed E-state index contributed by atoms with van der Waals surface area (Å²) in [5.41, 5.74) is 3.77. The molecule has 1 amide bonds. The van der Waals surface area contributed by atoms with Gasteiger partial charge in [0.15, 0.2) is 6.61 Å². The van der Waals surface area contributed by atoms with Crippen LogP contribution in [0, 0.1) is 18.3 Å². The van der Waals surface area contributed by atoms with Crippen LogP contribution in [0.3, 0.4) is 0 Å². The maximum atomic E-state index is 13.3. The molecule has 3 aromatic carbocycles. The van der Waals surface area contributed by atoms with Gasteiger partial charge in [-0.15, -0.1) is 0 Å². The molecule has 0 aromatic heterocycles. The highest BCUT2D eigenvalue weighted by Crippen LogP contribution is 2.17.